The van der Waals surface area contributed by atoms with E-state index >= 15 is 0 Å². The van der Waals surface area contributed by atoms with E-state index in [4.69, 9.17) is 18.9 Å². The van der Waals surface area contributed by atoms with Crippen molar-refractivity contribution in [2.75, 3.05) is 26.6 Å². The highest BCUT2D eigenvalue weighted by molar-refractivity contribution is 6.06. The van der Waals surface area contributed by atoms with Gasteiger partial charge in [-0.15, -0.1) is 0 Å². The lowest BCUT2D eigenvalue weighted by molar-refractivity contribution is -0.117. The number of amides is 2. The van der Waals surface area contributed by atoms with E-state index in [0.717, 1.165) is 0 Å². The zero-order valence-electron chi connectivity index (χ0n) is 21.2. The summed E-state index contributed by atoms with van der Waals surface area (Å²) in [7, 11) is 3.98. The number of carbonyl (C=O) groups is 4. The first-order chi connectivity index (χ1) is 15.6. The molecule has 0 aliphatic heterocycles. The van der Waals surface area contributed by atoms with Crippen molar-refractivity contribution < 1.29 is 38.1 Å². The van der Waals surface area contributed by atoms with Crippen LogP contribution in [0.1, 0.15) is 57.5 Å². The number of nitrogens with zero attached hydrogens (tertiary/aromatic N) is 1. The first kappa shape index (κ1) is 28.5. The van der Waals surface area contributed by atoms with Crippen LogP contribution in [-0.4, -0.2) is 61.6 Å². The molecule has 34 heavy (non-hydrogen) atoms. The van der Waals surface area contributed by atoms with Crippen LogP contribution in [0.15, 0.2) is 29.7 Å². The van der Waals surface area contributed by atoms with Crippen molar-refractivity contribution in [2.45, 2.75) is 59.3 Å². The van der Waals surface area contributed by atoms with Gasteiger partial charge in [0.25, 0.3) is 5.91 Å². The van der Waals surface area contributed by atoms with Gasteiger partial charge in [-0.25, -0.2) is 9.59 Å². The Hall–Kier alpha value is -3.56. The molecule has 10 heteroatoms. The van der Waals surface area contributed by atoms with Crippen LogP contribution >= 0.6 is 0 Å². The molecule has 0 aliphatic rings. The van der Waals surface area contributed by atoms with E-state index in [1.807, 2.05) is 0 Å². The summed E-state index contributed by atoms with van der Waals surface area (Å²) in [5, 5.41) is 2.61. The highest BCUT2D eigenvalue weighted by atomic mass is 16.6. The quantitative estimate of drug-likeness (QED) is 0.260. The number of benzene rings is 1. The van der Waals surface area contributed by atoms with E-state index < -0.39 is 29.2 Å². The molecule has 188 valence electrons. The number of rotatable bonds is 8. The van der Waals surface area contributed by atoms with Crippen molar-refractivity contribution in [3.8, 4) is 0 Å². The maximum Gasteiger partial charge on any atom is 0.410 e. The molecule has 0 fully saturated rings. The van der Waals surface area contributed by atoms with Crippen LogP contribution in [0.2, 0.25) is 0 Å². The highest BCUT2D eigenvalue weighted by Crippen LogP contribution is 2.23. The zero-order chi connectivity index (χ0) is 26.3. The SMILES string of the molecule is CO/C(C=O)=C(/OC)C(=O)Nc1cc(C(=O)OC(C)(C)C)ccc1CN(C)C(=O)OC(C)(C)C. The second-order valence-electron chi connectivity index (χ2n) is 9.38. The fourth-order valence-electron chi connectivity index (χ4n) is 2.63. The summed E-state index contributed by atoms with van der Waals surface area (Å²) in [6, 6.07) is 4.54. The monoisotopic (exact) mass is 478 g/mol. The second-order valence-corrected chi connectivity index (χ2v) is 9.38. The third-order valence-corrected chi connectivity index (χ3v) is 4.07. The Balaban J connectivity index is 3.39. The number of ether oxygens (including phenoxy) is 4. The van der Waals surface area contributed by atoms with Gasteiger partial charge in [0.2, 0.25) is 11.5 Å². The zero-order valence-corrected chi connectivity index (χ0v) is 21.2. The Morgan fingerprint density at radius 1 is 0.971 bits per heavy atom. The van der Waals surface area contributed by atoms with Crippen LogP contribution in [0.5, 0.6) is 0 Å². The molecule has 0 unspecified atom stereocenters. The summed E-state index contributed by atoms with van der Waals surface area (Å²) >= 11 is 0. The Bertz CT molecular complexity index is 955. The van der Waals surface area contributed by atoms with Gasteiger partial charge < -0.3 is 29.2 Å². The summed E-state index contributed by atoms with van der Waals surface area (Å²) < 4.78 is 20.7. The largest absolute Gasteiger partial charge is 0.490 e. The predicted octanol–water partition coefficient (Wildman–Crippen LogP) is 3.65. The highest BCUT2D eigenvalue weighted by Gasteiger charge is 2.24. The molecule has 0 saturated carbocycles. The summed E-state index contributed by atoms with van der Waals surface area (Å²) in [4.78, 5) is 50.3. The van der Waals surface area contributed by atoms with Crippen LogP contribution in [-0.2, 0) is 35.1 Å². The van der Waals surface area contributed by atoms with Crippen molar-refractivity contribution in [3.63, 3.8) is 0 Å². The summed E-state index contributed by atoms with van der Waals surface area (Å²) in [5.41, 5.74) is -0.528. The summed E-state index contributed by atoms with van der Waals surface area (Å²) in [6.45, 7) is 10.5. The van der Waals surface area contributed by atoms with E-state index in [2.05, 4.69) is 5.32 Å². The molecule has 1 N–H and O–H groups in total. The number of allylic oxidation sites excluding steroid dienone is 1. The molecule has 10 nitrogen and oxygen atoms in total. The predicted molar refractivity (Wildman–Crippen MR) is 125 cm³/mol. The average Bonchev–Trinajstić information content (AvgIpc) is 2.70. The minimum atomic E-state index is -0.783. The molecular weight excluding hydrogens is 444 g/mol. The molecule has 0 aromatic heterocycles. The third-order valence-electron chi connectivity index (χ3n) is 4.07. The smallest absolute Gasteiger partial charge is 0.410 e. The van der Waals surface area contributed by atoms with Crippen molar-refractivity contribution in [2.24, 2.45) is 0 Å². The molecule has 0 saturated heterocycles. The normalized spacial score (nSPS) is 12.1. The molecule has 1 rings (SSSR count). The number of aldehydes is 1. The minimum absolute atomic E-state index is 0.0516. The summed E-state index contributed by atoms with van der Waals surface area (Å²) in [5.74, 6) is -2.04. The lowest BCUT2D eigenvalue weighted by Gasteiger charge is -2.25. The second kappa shape index (κ2) is 11.5. The molecule has 1 aromatic carbocycles. The fraction of sp³-hybridized carbons (Fsp3) is 0.500. The minimum Gasteiger partial charge on any atom is -0.490 e. The standard InChI is InChI=1S/C24H34N2O8/c1-23(2,3)33-21(29)15-10-11-16(13-26(7)22(30)34-24(4,5)6)17(12-15)25-20(28)19(32-9)18(14-27)31-8/h10-12,14H,13H2,1-9H3,(H,25,28)/b19-18+. The van der Waals surface area contributed by atoms with E-state index in [1.165, 1.54) is 38.3 Å². The fourth-order valence-corrected chi connectivity index (χ4v) is 2.63. The van der Waals surface area contributed by atoms with Gasteiger partial charge in [0.15, 0.2) is 6.29 Å². The first-order valence-corrected chi connectivity index (χ1v) is 10.5. The molecule has 0 radical (unpaired) electrons. The molecule has 0 heterocycles. The Morgan fingerprint density at radius 2 is 1.56 bits per heavy atom. The third kappa shape index (κ3) is 8.76. The van der Waals surface area contributed by atoms with Gasteiger partial charge in [0.1, 0.15) is 11.2 Å². The van der Waals surface area contributed by atoms with Crippen LogP contribution in [0, 0.1) is 0 Å². The number of anilines is 1. The van der Waals surface area contributed by atoms with Gasteiger partial charge in [0, 0.05) is 12.7 Å². The molecule has 0 bridgehead atoms. The number of hydrogen-bond donors (Lipinski definition) is 1. The molecule has 0 aliphatic carbocycles. The molecular formula is C24H34N2O8. The number of carbonyl (C=O) groups excluding carboxylic acids is 4. The number of nitrogens with one attached hydrogen (secondary N) is 1. The van der Waals surface area contributed by atoms with Gasteiger partial charge in [-0.1, -0.05) is 6.07 Å². The van der Waals surface area contributed by atoms with Crippen molar-refractivity contribution in [1.29, 1.82) is 0 Å². The van der Waals surface area contributed by atoms with Gasteiger partial charge in [-0.2, -0.15) is 0 Å². The van der Waals surface area contributed by atoms with Gasteiger partial charge in [-0.3, -0.25) is 9.59 Å². The van der Waals surface area contributed by atoms with Gasteiger partial charge >= 0.3 is 12.1 Å². The van der Waals surface area contributed by atoms with Crippen LogP contribution < -0.4 is 5.32 Å². The maximum atomic E-state index is 12.8. The Kier molecular flexibility index (Phi) is 9.66. The molecule has 0 atom stereocenters. The van der Waals surface area contributed by atoms with Crippen LogP contribution in [0.3, 0.4) is 0 Å². The number of esters is 1. The van der Waals surface area contributed by atoms with Gasteiger partial charge in [-0.05, 0) is 59.2 Å². The molecule has 0 spiro atoms. The molecule has 2 amide bonds. The maximum absolute atomic E-state index is 12.8. The van der Waals surface area contributed by atoms with Crippen molar-refractivity contribution >= 4 is 29.9 Å². The van der Waals surface area contributed by atoms with E-state index in [-0.39, 0.29) is 29.3 Å². The van der Waals surface area contributed by atoms with E-state index in [9.17, 15) is 19.2 Å². The van der Waals surface area contributed by atoms with Crippen molar-refractivity contribution in [1.82, 2.24) is 4.90 Å². The lowest BCUT2D eigenvalue weighted by atomic mass is 10.1. The number of methoxy groups -OCH3 is 2. The van der Waals surface area contributed by atoms with Gasteiger partial charge in [0.05, 0.1) is 26.3 Å². The van der Waals surface area contributed by atoms with Crippen LogP contribution in [0.25, 0.3) is 0 Å². The Labute approximate surface area is 200 Å². The average molecular weight is 479 g/mol. The molecule has 1 aromatic rings. The first-order valence-electron chi connectivity index (χ1n) is 10.5. The van der Waals surface area contributed by atoms with E-state index in [0.29, 0.717) is 11.8 Å². The van der Waals surface area contributed by atoms with E-state index in [1.54, 1.807) is 47.6 Å². The summed E-state index contributed by atoms with van der Waals surface area (Å²) in [6.07, 6.45) is -0.228. The van der Waals surface area contributed by atoms with Crippen LogP contribution in [0.4, 0.5) is 10.5 Å². The lowest BCUT2D eigenvalue weighted by Crippen LogP contribution is -2.34. The Morgan fingerprint density at radius 3 is 2.03 bits per heavy atom. The number of hydrogen-bond acceptors (Lipinski definition) is 8. The van der Waals surface area contributed by atoms with Crippen molar-refractivity contribution in [3.05, 3.63) is 40.8 Å². The topological polar surface area (TPSA) is 120 Å².